The predicted molar refractivity (Wildman–Crippen MR) is 136 cm³/mol. The van der Waals surface area contributed by atoms with Gasteiger partial charge in [0.05, 0.1) is 6.61 Å². The molecular formula is C24H32Cl2N2O3S. The Morgan fingerprint density at radius 3 is 2.50 bits per heavy atom. The molecule has 1 fully saturated rings. The minimum atomic E-state index is -0.828. The number of fused-ring (bicyclic) bond motifs is 2. The highest BCUT2D eigenvalue weighted by Gasteiger charge is 2.30. The first kappa shape index (κ1) is 26.8. The molecule has 176 valence electrons. The number of aromatic carboxylic acids is 1. The van der Waals surface area contributed by atoms with Crippen molar-refractivity contribution in [2.75, 3.05) is 39.8 Å². The van der Waals surface area contributed by atoms with Crippen LogP contribution in [0.3, 0.4) is 0 Å². The van der Waals surface area contributed by atoms with Crippen molar-refractivity contribution in [3.63, 3.8) is 0 Å². The van der Waals surface area contributed by atoms with Gasteiger partial charge in [0.1, 0.15) is 4.88 Å². The van der Waals surface area contributed by atoms with E-state index in [0.29, 0.717) is 24.4 Å². The lowest BCUT2D eigenvalue weighted by Crippen LogP contribution is -2.27. The van der Waals surface area contributed by atoms with Gasteiger partial charge in [-0.05, 0) is 68.0 Å². The molecule has 0 atom stereocenters. The molecule has 2 heterocycles. The Labute approximate surface area is 206 Å². The molecule has 0 amide bonds. The van der Waals surface area contributed by atoms with Gasteiger partial charge in [-0.3, -0.25) is 0 Å². The van der Waals surface area contributed by atoms with Crippen molar-refractivity contribution in [3.05, 3.63) is 61.8 Å². The van der Waals surface area contributed by atoms with Gasteiger partial charge in [-0.2, -0.15) is 0 Å². The number of aryl methyl sites for hydroxylation is 2. The van der Waals surface area contributed by atoms with Crippen molar-refractivity contribution in [1.82, 2.24) is 10.2 Å². The number of carboxylic acid groups (broad SMARTS) is 1. The number of nitrogens with one attached hydrogen (secondary N) is 1. The minimum absolute atomic E-state index is 0. The number of thiophene rings is 1. The van der Waals surface area contributed by atoms with E-state index >= 15 is 0 Å². The second kappa shape index (κ2) is 12.2. The summed E-state index contributed by atoms with van der Waals surface area (Å²) in [5.74, 6) is -0.828. The Morgan fingerprint density at radius 1 is 1.09 bits per heavy atom. The van der Waals surface area contributed by atoms with Gasteiger partial charge in [0, 0.05) is 30.1 Å². The highest BCUT2D eigenvalue weighted by molar-refractivity contribution is 7.14. The smallest absolute Gasteiger partial charge is 0.346 e. The third-order valence-corrected chi connectivity index (χ3v) is 7.50. The number of aliphatic hydroxyl groups excluding tert-OH is 1. The zero-order valence-corrected chi connectivity index (χ0v) is 20.8. The van der Waals surface area contributed by atoms with E-state index in [1.807, 2.05) is 0 Å². The van der Waals surface area contributed by atoms with E-state index in [4.69, 9.17) is 5.11 Å². The average Bonchev–Trinajstić information content (AvgIpc) is 3.02. The van der Waals surface area contributed by atoms with Gasteiger partial charge in [0.25, 0.3) is 0 Å². The van der Waals surface area contributed by atoms with Crippen molar-refractivity contribution >= 4 is 47.7 Å². The van der Waals surface area contributed by atoms with Gasteiger partial charge in [-0.15, -0.1) is 36.2 Å². The SMILES string of the molecule is CN1CCC(=C2c3ccccc3CCc3sc(C(=O)O)c(CCNCCO)c32)CC1.Cl.Cl. The lowest BCUT2D eigenvalue weighted by Gasteiger charge is -2.27. The van der Waals surface area contributed by atoms with Crippen molar-refractivity contribution < 1.29 is 15.0 Å². The summed E-state index contributed by atoms with van der Waals surface area (Å²) in [7, 11) is 2.17. The van der Waals surface area contributed by atoms with Gasteiger partial charge in [0.2, 0.25) is 0 Å². The van der Waals surface area contributed by atoms with E-state index in [2.05, 4.69) is 41.5 Å². The number of halogens is 2. The Kier molecular flexibility index (Phi) is 10.2. The summed E-state index contributed by atoms with van der Waals surface area (Å²) in [5, 5.41) is 22.2. The largest absolute Gasteiger partial charge is 0.477 e. The molecular weight excluding hydrogens is 467 g/mol. The van der Waals surface area contributed by atoms with E-state index < -0.39 is 5.97 Å². The van der Waals surface area contributed by atoms with Gasteiger partial charge in [-0.1, -0.05) is 29.8 Å². The zero-order chi connectivity index (χ0) is 21.1. The van der Waals surface area contributed by atoms with Crippen LogP contribution in [-0.2, 0) is 19.3 Å². The first-order chi connectivity index (χ1) is 14.6. The van der Waals surface area contributed by atoms with Crippen LogP contribution in [-0.4, -0.2) is 60.9 Å². The molecule has 0 radical (unpaired) electrons. The average molecular weight is 500 g/mol. The number of piperidine rings is 1. The van der Waals surface area contributed by atoms with Crippen molar-refractivity contribution in [2.45, 2.75) is 32.1 Å². The fourth-order valence-electron chi connectivity index (χ4n) is 4.68. The number of rotatable bonds is 6. The third kappa shape index (κ3) is 5.56. The van der Waals surface area contributed by atoms with Crippen molar-refractivity contribution in [1.29, 1.82) is 0 Å². The predicted octanol–water partition coefficient (Wildman–Crippen LogP) is 4.04. The Balaban J connectivity index is 0.00000181. The molecule has 1 aliphatic carbocycles. The summed E-state index contributed by atoms with van der Waals surface area (Å²) < 4.78 is 0. The quantitative estimate of drug-likeness (QED) is 0.524. The van der Waals surface area contributed by atoms with Crippen LogP contribution >= 0.6 is 36.2 Å². The van der Waals surface area contributed by atoms with Gasteiger partial charge in [-0.25, -0.2) is 4.79 Å². The van der Waals surface area contributed by atoms with Crippen LogP contribution < -0.4 is 5.32 Å². The lowest BCUT2D eigenvalue weighted by atomic mass is 9.85. The summed E-state index contributed by atoms with van der Waals surface area (Å²) in [4.78, 5) is 16.2. The van der Waals surface area contributed by atoms with Crippen molar-refractivity contribution in [2.24, 2.45) is 0 Å². The molecule has 1 aromatic heterocycles. The maximum absolute atomic E-state index is 12.1. The van der Waals surface area contributed by atoms with E-state index in [-0.39, 0.29) is 31.4 Å². The monoisotopic (exact) mass is 498 g/mol. The molecule has 1 saturated heterocycles. The molecule has 1 aliphatic heterocycles. The van der Waals surface area contributed by atoms with Gasteiger partial charge in [0.15, 0.2) is 0 Å². The molecule has 2 aliphatic rings. The maximum atomic E-state index is 12.1. The molecule has 0 spiro atoms. The number of nitrogens with zero attached hydrogens (tertiary/aromatic N) is 1. The number of benzene rings is 1. The third-order valence-electron chi connectivity index (χ3n) is 6.22. The van der Waals surface area contributed by atoms with Crippen LogP contribution in [0.1, 0.15) is 49.6 Å². The molecule has 0 unspecified atom stereocenters. The summed E-state index contributed by atoms with van der Waals surface area (Å²) in [6, 6.07) is 8.66. The molecule has 8 heteroatoms. The highest BCUT2D eigenvalue weighted by Crippen LogP contribution is 2.44. The van der Waals surface area contributed by atoms with Crippen molar-refractivity contribution in [3.8, 4) is 0 Å². The zero-order valence-electron chi connectivity index (χ0n) is 18.4. The molecule has 1 aromatic carbocycles. The number of likely N-dealkylation sites (tertiary alicyclic amines) is 1. The Bertz CT molecular complexity index is 964. The molecule has 2 aromatic rings. The first-order valence-electron chi connectivity index (χ1n) is 10.8. The van der Waals surface area contributed by atoms with Crippen LogP contribution in [0.15, 0.2) is 29.8 Å². The van der Waals surface area contributed by atoms with Gasteiger partial charge >= 0.3 is 5.97 Å². The standard InChI is InChI=1S/C24H30N2O3S.2ClH/c1-26-13-9-17(10-14-26)21-18-5-3-2-4-16(18)6-7-20-22(21)19(8-11-25-12-15-27)23(30-20)24(28)29;;/h2-5,25,27H,6-15H2,1H3,(H,28,29);2*1H. The van der Waals surface area contributed by atoms with Crippen LogP contribution in [0.2, 0.25) is 0 Å². The molecule has 5 nitrogen and oxygen atoms in total. The topological polar surface area (TPSA) is 72.8 Å². The molecule has 0 saturated carbocycles. The molecule has 0 bridgehead atoms. The van der Waals surface area contributed by atoms with Crippen LogP contribution in [0.25, 0.3) is 5.57 Å². The Morgan fingerprint density at radius 2 is 1.81 bits per heavy atom. The summed E-state index contributed by atoms with van der Waals surface area (Å²) >= 11 is 1.46. The summed E-state index contributed by atoms with van der Waals surface area (Å²) in [6.45, 7) is 3.36. The number of carbonyl (C=O) groups is 1. The summed E-state index contributed by atoms with van der Waals surface area (Å²) in [6.07, 6.45) is 4.55. The normalized spacial score (nSPS) is 15.8. The van der Waals surface area contributed by atoms with Crippen LogP contribution in [0.5, 0.6) is 0 Å². The number of hydrogen-bond acceptors (Lipinski definition) is 5. The van der Waals surface area contributed by atoms with E-state index in [1.54, 1.807) is 0 Å². The fraction of sp³-hybridized carbons (Fsp3) is 0.458. The summed E-state index contributed by atoms with van der Waals surface area (Å²) in [5.41, 5.74) is 7.56. The first-order valence-corrected chi connectivity index (χ1v) is 11.6. The Hall–Kier alpha value is -1.41. The second-order valence-electron chi connectivity index (χ2n) is 8.18. The maximum Gasteiger partial charge on any atom is 0.346 e. The number of aliphatic hydroxyl groups is 1. The molecule has 4 rings (SSSR count). The molecule has 32 heavy (non-hydrogen) atoms. The number of carboxylic acids is 1. The van der Waals surface area contributed by atoms with Crippen LogP contribution in [0.4, 0.5) is 0 Å². The second-order valence-corrected chi connectivity index (χ2v) is 9.28. The van der Waals surface area contributed by atoms with E-state index in [0.717, 1.165) is 44.3 Å². The minimum Gasteiger partial charge on any atom is -0.477 e. The molecule has 3 N–H and O–H groups in total. The highest BCUT2D eigenvalue weighted by atomic mass is 35.5. The van der Waals surface area contributed by atoms with Gasteiger partial charge < -0.3 is 20.4 Å². The fourth-order valence-corrected chi connectivity index (χ4v) is 5.88. The van der Waals surface area contributed by atoms with Crippen LogP contribution in [0, 0.1) is 0 Å². The van der Waals surface area contributed by atoms with E-state index in [9.17, 15) is 9.90 Å². The lowest BCUT2D eigenvalue weighted by molar-refractivity contribution is 0.0701. The van der Waals surface area contributed by atoms with E-state index in [1.165, 1.54) is 44.1 Å². The number of hydrogen-bond donors (Lipinski definition) is 3.